The number of fused-ring (bicyclic) bond motifs is 1. The van der Waals surface area contributed by atoms with Gasteiger partial charge < -0.3 is 5.32 Å². The maximum atomic E-state index is 12.5. The van der Waals surface area contributed by atoms with Gasteiger partial charge in [0.05, 0.1) is 5.25 Å². The van der Waals surface area contributed by atoms with Gasteiger partial charge in [-0.2, -0.15) is 0 Å². The van der Waals surface area contributed by atoms with Crippen molar-refractivity contribution < 1.29 is 4.79 Å². The van der Waals surface area contributed by atoms with Crippen LogP contribution in [-0.4, -0.2) is 21.1 Å². The Morgan fingerprint density at radius 3 is 2.58 bits per heavy atom. The lowest BCUT2D eigenvalue weighted by Gasteiger charge is -2.12. The van der Waals surface area contributed by atoms with Gasteiger partial charge in [-0.1, -0.05) is 29.5 Å². The molecule has 2 heterocycles. The number of hydrogen-bond acceptors (Lipinski definition) is 5. The monoisotopic (exact) mass is 357 g/mol. The summed E-state index contributed by atoms with van der Waals surface area (Å²) in [4.78, 5) is 23.4. The Kier molecular flexibility index (Phi) is 4.87. The summed E-state index contributed by atoms with van der Waals surface area (Å²) in [7, 11) is 0. The van der Waals surface area contributed by atoms with Gasteiger partial charge in [0, 0.05) is 16.0 Å². The molecular formula is C18H19N3OS2. The molecule has 1 amide bonds. The highest BCUT2D eigenvalue weighted by molar-refractivity contribution is 8.00. The van der Waals surface area contributed by atoms with Gasteiger partial charge in [0.2, 0.25) is 5.91 Å². The minimum Gasteiger partial charge on any atom is -0.325 e. The van der Waals surface area contributed by atoms with E-state index in [0.717, 1.165) is 20.9 Å². The summed E-state index contributed by atoms with van der Waals surface area (Å²) in [5.41, 5.74) is 3.18. The second-order valence-corrected chi connectivity index (χ2v) is 8.29. The van der Waals surface area contributed by atoms with E-state index in [1.807, 2.05) is 38.1 Å². The zero-order chi connectivity index (χ0) is 17.3. The Bertz CT molecular complexity index is 887. The van der Waals surface area contributed by atoms with E-state index in [4.69, 9.17) is 0 Å². The van der Waals surface area contributed by atoms with Crippen LogP contribution >= 0.6 is 23.1 Å². The lowest BCUT2D eigenvalue weighted by atomic mass is 10.2. The summed E-state index contributed by atoms with van der Waals surface area (Å²) in [6.07, 6.45) is 1.57. The number of aryl methyl sites for hydroxylation is 3. The van der Waals surface area contributed by atoms with Gasteiger partial charge in [0.25, 0.3) is 0 Å². The maximum Gasteiger partial charge on any atom is 0.237 e. The van der Waals surface area contributed by atoms with Gasteiger partial charge in [0.15, 0.2) is 0 Å². The Morgan fingerprint density at radius 1 is 1.17 bits per heavy atom. The maximum absolute atomic E-state index is 12.5. The van der Waals surface area contributed by atoms with Crippen molar-refractivity contribution >= 4 is 44.9 Å². The molecule has 0 fully saturated rings. The number of carbonyl (C=O) groups is 1. The van der Waals surface area contributed by atoms with Gasteiger partial charge in [0.1, 0.15) is 16.2 Å². The zero-order valence-electron chi connectivity index (χ0n) is 14.1. The van der Waals surface area contributed by atoms with Crippen LogP contribution in [0.3, 0.4) is 0 Å². The minimum atomic E-state index is -0.246. The molecule has 0 aliphatic heterocycles. The molecule has 0 radical (unpaired) electrons. The van der Waals surface area contributed by atoms with Crippen LogP contribution in [-0.2, 0) is 4.79 Å². The van der Waals surface area contributed by atoms with E-state index in [1.165, 1.54) is 27.8 Å². The van der Waals surface area contributed by atoms with Crippen molar-refractivity contribution in [1.82, 2.24) is 9.97 Å². The highest BCUT2D eigenvalue weighted by Gasteiger charge is 2.19. The molecule has 0 saturated carbocycles. The summed E-state index contributed by atoms with van der Waals surface area (Å²) < 4.78 is 0. The Labute approximate surface area is 149 Å². The Morgan fingerprint density at radius 2 is 1.88 bits per heavy atom. The fraction of sp³-hybridized carbons (Fsp3) is 0.278. The number of anilines is 1. The van der Waals surface area contributed by atoms with E-state index in [0.29, 0.717) is 0 Å². The average Bonchev–Trinajstić information content (AvgIpc) is 2.85. The first-order valence-corrected chi connectivity index (χ1v) is 9.40. The molecule has 24 heavy (non-hydrogen) atoms. The van der Waals surface area contributed by atoms with Crippen molar-refractivity contribution in [2.75, 3.05) is 5.32 Å². The number of nitrogens with zero attached hydrogens (tertiary/aromatic N) is 2. The second kappa shape index (κ2) is 6.91. The molecule has 2 aromatic heterocycles. The third kappa shape index (κ3) is 3.44. The van der Waals surface area contributed by atoms with Crippen LogP contribution < -0.4 is 5.32 Å². The first kappa shape index (κ1) is 16.9. The molecule has 6 heteroatoms. The number of amides is 1. The smallest absolute Gasteiger partial charge is 0.237 e. The highest BCUT2D eigenvalue weighted by Crippen LogP contribution is 2.36. The molecule has 0 aliphatic carbocycles. The van der Waals surface area contributed by atoms with Crippen LogP contribution in [0.5, 0.6) is 0 Å². The van der Waals surface area contributed by atoms with E-state index in [-0.39, 0.29) is 11.2 Å². The summed E-state index contributed by atoms with van der Waals surface area (Å²) >= 11 is 3.14. The molecule has 1 N–H and O–H groups in total. The summed E-state index contributed by atoms with van der Waals surface area (Å²) in [5.74, 6) is -0.0276. The summed E-state index contributed by atoms with van der Waals surface area (Å²) in [5, 5.41) is 4.65. The number of thioether (sulfide) groups is 1. The quantitative estimate of drug-likeness (QED) is 0.541. The standard InChI is InChI=1S/C18H19N3OS2/c1-10-5-7-14(8-6-10)21-16(22)13(4)24-18-15-11(2)12(3)23-17(15)19-9-20-18/h5-9,13H,1-4H3,(H,21,22)/t13-/m1/s1. The molecule has 0 bridgehead atoms. The largest absolute Gasteiger partial charge is 0.325 e. The van der Waals surface area contributed by atoms with Crippen LogP contribution in [0.1, 0.15) is 22.9 Å². The van der Waals surface area contributed by atoms with E-state index in [2.05, 4.69) is 29.1 Å². The average molecular weight is 358 g/mol. The number of rotatable bonds is 4. The number of aromatic nitrogens is 2. The predicted octanol–water partition coefficient (Wildman–Crippen LogP) is 4.74. The third-order valence-electron chi connectivity index (χ3n) is 3.91. The molecule has 124 valence electrons. The minimum absolute atomic E-state index is 0.0276. The van der Waals surface area contributed by atoms with Crippen LogP contribution in [0.2, 0.25) is 0 Å². The molecule has 0 spiro atoms. The van der Waals surface area contributed by atoms with Gasteiger partial charge in [-0.15, -0.1) is 11.3 Å². The topological polar surface area (TPSA) is 54.9 Å². The fourth-order valence-corrected chi connectivity index (χ4v) is 4.38. The lowest BCUT2D eigenvalue weighted by Crippen LogP contribution is -2.22. The van der Waals surface area contributed by atoms with Crippen molar-refractivity contribution in [2.45, 2.75) is 38.0 Å². The van der Waals surface area contributed by atoms with Crippen molar-refractivity contribution in [1.29, 1.82) is 0 Å². The number of carbonyl (C=O) groups excluding carboxylic acids is 1. The van der Waals surface area contributed by atoms with Crippen molar-refractivity contribution in [3.8, 4) is 0 Å². The molecule has 1 aromatic carbocycles. The lowest BCUT2D eigenvalue weighted by molar-refractivity contribution is -0.115. The Balaban J connectivity index is 1.78. The van der Waals surface area contributed by atoms with Crippen molar-refractivity contribution in [3.05, 3.63) is 46.6 Å². The second-order valence-electron chi connectivity index (χ2n) is 5.76. The van der Waals surface area contributed by atoms with E-state index in [9.17, 15) is 4.79 Å². The van der Waals surface area contributed by atoms with E-state index < -0.39 is 0 Å². The van der Waals surface area contributed by atoms with Crippen molar-refractivity contribution in [3.63, 3.8) is 0 Å². The molecule has 4 nitrogen and oxygen atoms in total. The van der Waals surface area contributed by atoms with Gasteiger partial charge in [-0.05, 0) is 45.4 Å². The van der Waals surface area contributed by atoms with Crippen molar-refractivity contribution in [2.24, 2.45) is 0 Å². The van der Waals surface area contributed by atoms with Crippen LogP contribution in [0, 0.1) is 20.8 Å². The first-order chi connectivity index (χ1) is 11.5. The number of thiophene rings is 1. The predicted molar refractivity (Wildman–Crippen MR) is 102 cm³/mol. The fourth-order valence-electron chi connectivity index (χ4n) is 2.34. The third-order valence-corrected chi connectivity index (χ3v) is 6.12. The van der Waals surface area contributed by atoms with Gasteiger partial charge >= 0.3 is 0 Å². The highest BCUT2D eigenvalue weighted by atomic mass is 32.2. The summed E-state index contributed by atoms with van der Waals surface area (Å²) in [6.45, 7) is 8.09. The van der Waals surface area contributed by atoms with Crippen LogP contribution in [0.15, 0.2) is 35.6 Å². The molecule has 0 aliphatic rings. The summed E-state index contributed by atoms with van der Waals surface area (Å²) in [6, 6.07) is 7.80. The molecule has 0 saturated heterocycles. The van der Waals surface area contributed by atoms with E-state index >= 15 is 0 Å². The number of nitrogens with one attached hydrogen (secondary N) is 1. The van der Waals surface area contributed by atoms with Crippen LogP contribution in [0.4, 0.5) is 5.69 Å². The number of benzene rings is 1. The molecule has 3 aromatic rings. The molecule has 1 atom stereocenters. The zero-order valence-corrected chi connectivity index (χ0v) is 15.7. The number of hydrogen-bond donors (Lipinski definition) is 1. The van der Waals surface area contributed by atoms with E-state index in [1.54, 1.807) is 17.7 Å². The molecule has 3 rings (SSSR count). The van der Waals surface area contributed by atoms with Gasteiger partial charge in [-0.3, -0.25) is 4.79 Å². The first-order valence-electron chi connectivity index (χ1n) is 7.70. The Hall–Kier alpha value is -1.92. The molecular weight excluding hydrogens is 338 g/mol. The van der Waals surface area contributed by atoms with Crippen LogP contribution in [0.25, 0.3) is 10.2 Å². The normalized spacial score (nSPS) is 12.3. The molecule has 0 unspecified atom stereocenters. The van der Waals surface area contributed by atoms with Gasteiger partial charge in [-0.25, -0.2) is 9.97 Å². The SMILES string of the molecule is Cc1ccc(NC(=O)[C@@H](C)Sc2ncnc3sc(C)c(C)c23)cc1.